The lowest BCUT2D eigenvalue weighted by molar-refractivity contribution is -0.198. The molecule has 0 aromatic carbocycles. The van der Waals surface area contributed by atoms with Crippen molar-refractivity contribution in [2.75, 3.05) is 26.0 Å². The van der Waals surface area contributed by atoms with E-state index in [1.54, 1.807) is 41.5 Å². The third kappa shape index (κ3) is 8.06. The highest BCUT2D eigenvalue weighted by atomic mass is 31.2. The fraction of sp³-hybridized carbons (Fsp3) is 0.800. The monoisotopic (exact) mass is 494 g/mol. The number of imide groups is 1. The van der Waals surface area contributed by atoms with Gasteiger partial charge in [0.15, 0.2) is 0 Å². The predicted molar refractivity (Wildman–Crippen MR) is 116 cm³/mol. The first-order chi connectivity index (χ1) is 15.2. The quantitative estimate of drug-likeness (QED) is 0.244. The maximum Gasteiger partial charge on any atom is 0.408 e. The number of rotatable bonds is 12. The fourth-order valence-corrected chi connectivity index (χ4v) is 5.46. The van der Waals surface area contributed by atoms with Gasteiger partial charge in [-0.1, -0.05) is 0 Å². The number of hydroxylamine groups is 2. The number of amides is 3. The molecule has 33 heavy (non-hydrogen) atoms. The molecule has 0 radical (unpaired) electrons. The Hall–Kier alpha value is -2.01. The Balaban J connectivity index is 3.29. The van der Waals surface area contributed by atoms with Crippen LogP contribution < -0.4 is 5.32 Å². The number of carbonyl (C=O) groups is 4. The van der Waals surface area contributed by atoms with Crippen LogP contribution in [0.25, 0.3) is 0 Å². The number of hydrogen-bond acceptors (Lipinski definition) is 10. The minimum absolute atomic E-state index is 0.00960. The summed E-state index contributed by atoms with van der Waals surface area (Å²) in [6.07, 6.45) is -1.83. The van der Waals surface area contributed by atoms with Crippen LogP contribution >= 0.6 is 7.37 Å². The van der Waals surface area contributed by atoms with Gasteiger partial charge in [0.25, 0.3) is 19.2 Å². The Morgan fingerprint density at radius 3 is 1.94 bits per heavy atom. The summed E-state index contributed by atoms with van der Waals surface area (Å²) < 4.78 is 35.9. The number of ether oxygens (including phenoxy) is 3. The highest BCUT2D eigenvalue weighted by Gasteiger charge is 2.51. The molecule has 190 valence electrons. The molecule has 0 aromatic rings. The molecule has 1 rings (SSSR count). The van der Waals surface area contributed by atoms with Gasteiger partial charge in [0.1, 0.15) is 11.6 Å². The topological polar surface area (TPSA) is 147 Å². The van der Waals surface area contributed by atoms with Crippen LogP contribution in [0.3, 0.4) is 0 Å². The van der Waals surface area contributed by atoms with Crippen molar-refractivity contribution >= 4 is 31.2 Å². The standard InChI is InChI=1S/C20H35N2O10P/c1-8-28-20(7,29-9-2)33(27,30-10-3)13-14(21-18(26)31-19(4,5)6)17(25)32-22-15(23)11-12-16(22)24/h14H,8-13H2,1-7H3,(H,21,26)/t14-,33?/m0/s1. The van der Waals surface area contributed by atoms with Crippen LogP contribution in [-0.2, 0) is 42.5 Å². The molecule has 2 atom stereocenters. The number of hydrogen-bond donors (Lipinski definition) is 1. The summed E-state index contributed by atoms with van der Waals surface area (Å²) in [6.45, 7) is 11.4. The van der Waals surface area contributed by atoms with E-state index in [0.29, 0.717) is 5.06 Å². The van der Waals surface area contributed by atoms with Crippen molar-refractivity contribution < 1.29 is 47.3 Å². The van der Waals surface area contributed by atoms with Crippen molar-refractivity contribution in [3.8, 4) is 0 Å². The summed E-state index contributed by atoms with van der Waals surface area (Å²) in [7, 11) is -3.97. The maximum atomic E-state index is 13.9. The second-order valence-corrected chi connectivity index (χ2v) is 11.0. The van der Waals surface area contributed by atoms with Crippen molar-refractivity contribution in [2.24, 2.45) is 0 Å². The van der Waals surface area contributed by atoms with Gasteiger partial charge in [-0.2, -0.15) is 0 Å². The van der Waals surface area contributed by atoms with E-state index in [0.717, 1.165) is 0 Å². The minimum Gasteiger partial charge on any atom is -0.444 e. The lowest BCUT2D eigenvalue weighted by Gasteiger charge is -2.37. The van der Waals surface area contributed by atoms with Gasteiger partial charge in [-0.25, -0.2) is 9.59 Å². The van der Waals surface area contributed by atoms with Gasteiger partial charge in [0.2, 0.25) is 5.53 Å². The van der Waals surface area contributed by atoms with E-state index < -0.39 is 54.6 Å². The maximum absolute atomic E-state index is 13.9. The third-order valence-corrected chi connectivity index (χ3v) is 7.38. The average molecular weight is 494 g/mol. The molecule has 0 aliphatic carbocycles. The lowest BCUT2D eigenvalue weighted by Crippen LogP contribution is -2.50. The molecule has 1 unspecified atom stereocenters. The molecule has 1 saturated heterocycles. The van der Waals surface area contributed by atoms with E-state index in [1.165, 1.54) is 6.92 Å². The molecule has 3 amide bonds. The summed E-state index contributed by atoms with van der Waals surface area (Å²) in [5, 5.41) is 2.63. The Morgan fingerprint density at radius 1 is 1.00 bits per heavy atom. The summed E-state index contributed by atoms with van der Waals surface area (Å²) in [4.78, 5) is 54.0. The molecule has 1 heterocycles. The Kier molecular flexibility index (Phi) is 10.5. The molecule has 0 saturated carbocycles. The molecule has 0 spiro atoms. The Bertz CT molecular complexity index is 757. The van der Waals surface area contributed by atoms with Crippen molar-refractivity contribution in [3.63, 3.8) is 0 Å². The zero-order valence-electron chi connectivity index (χ0n) is 20.3. The average Bonchev–Trinajstić information content (AvgIpc) is 2.98. The van der Waals surface area contributed by atoms with Gasteiger partial charge < -0.3 is 28.9 Å². The summed E-state index contributed by atoms with van der Waals surface area (Å²) in [6, 6.07) is -1.61. The van der Waals surface area contributed by atoms with Crippen LogP contribution in [0.4, 0.5) is 4.79 Å². The van der Waals surface area contributed by atoms with Gasteiger partial charge in [-0.05, 0) is 48.5 Å². The van der Waals surface area contributed by atoms with Crippen LogP contribution in [0.15, 0.2) is 0 Å². The Labute approximate surface area is 194 Å². The van der Waals surface area contributed by atoms with Crippen LogP contribution in [0.1, 0.15) is 61.3 Å². The van der Waals surface area contributed by atoms with E-state index in [-0.39, 0.29) is 32.7 Å². The molecule has 1 fully saturated rings. The molecular formula is C20H35N2O10P. The summed E-state index contributed by atoms with van der Waals surface area (Å²) in [5.41, 5.74) is -2.63. The van der Waals surface area contributed by atoms with E-state index >= 15 is 0 Å². The van der Waals surface area contributed by atoms with E-state index in [1.807, 2.05) is 0 Å². The van der Waals surface area contributed by atoms with Crippen molar-refractivity contribution in [1.29, 1.82) is 0 Å². The number of alkyl carbamates (subject to hydrolysis) is 1. The van der Waals surface area contributed by atoms with Crippen LogP contribution in [-0.4, -0.2) is 72.1 Å². The van der Waals surface area contributed by atoms with Gasteiger partial charge in [0, 0.05) is 26.1 Å². The van der Waals surface area contributed by atoms with Gasteiger partial charge in [-0.3, -0.25) is 14.2 Å². The SMILES string of the molecule is CCOC(C)(OCC)P(=O)(C[C@H](NC(=O)OC(C)(C)C)C(=O)ON1C(=O)CCC1=O)OCC. The van der Waals surface area contributed by atoms with Crippen molar-refractivity contribution in [2.45, 2.75) is 78.5 Å². The van der Waals surface area contributed by atoms with E-state index in [4.69, 9.17) is 23.6 Å². The Morgan fingerprint density at radius 2 is 1.52 bits per heavy atom. The van der Waals surface area contributed by atoms with E-state index in [9.17, 15) is 23.7 Å². The van der Waals surface area contributed by atoms with Crippen LogP contribution in [0.5, 0.6) is 0 Å². The molecule has 0 bridgehead atoms. The zero-order valence-corrected chi connectivity index (χ0v) is 21.2. The molecule has 13 heteroatoms. The van der Waals surface area contributed by atoms with Gasteiger partial charge in [-0.15, -0.1) is 5.06 Å². The normalized spacial score (nSPS) is 17.5. The van der Waals surface area contributed by atoms with Crippen molar-refractivity contribution in [3.05, 3.63) is 0 Å². The van der Waals surface area contributed by atoms with Gasteiger partial charge >= 0.3 is 12.1 Å². The largest absolute Gasteiger partial charge is 0.444 e. The molecule has 1 aliphatic rings. The first-order valence-corrected chi connectivity index (χ1v) is 12.6. The van der Waals surface area contributed by atoms with Gasteiger partial charge in [0.05, 0.1) is 12.8 Å². The lowest BCUT2D eigenvalue weighted by atomic mass is 10.2. The second kappa shape index (κ2) is 11.9. The smallest absolute Gasteiger partial charge is 0.408 e. The number of nitrogens with one attached hydrogen (secondary N) is 1. The van der Waals surface area contributed by atoms with E-state index in [2.05, 4.69) is 5.32 Å². The number of carbonyl (C=O) groups excluding carboxylic acids is 4. The number of nitrogens with zero attached hydrogens (tertiary/aromatic N) is 1. The van der Waals surface area contributed by atoms with Crippen LogP contribution in [0.2, 0.25) is 0 Å². The predicted octanol–water partition coefficient (Wildman–Crippen LogP) is 2.55. The highest BCUT2D eigenvalue weighted by Crippen LogP contribution is 2.60. The molecular weight excluding hydrogens is 459 g/mol. The summed E-state index contributed by atoms with van der Waals surface area (Å²) in [5.74, 6) is -2.60. The molecule has 1 N–H and O–H groups in total. The van der Waals surface area contributed by atoms with Crippen LogP contribution in [0, 0.1) is 0 Å². The first kappa shape index (κ1) is 29.0. The third-order valence-electron chi connectivity index (χ3n) is 4.37. The van der Waals surface area contributed by atoms with Crippen molar-refractivity contribution in [1.82, 2.24) is 10.4 Å². The highest BCUT2D eigenvalue weighted by molar-refractivity contribution is 7.60. The fourth-order valence-electron chi connectivity index (χ4n) is 3.00. The molecule has 0 aromatic heterocycles. The molecule has 12 nitrogen and oxygen atoms in total. The zero-order chi connectivity index (χ0) is 25.4. The second-order valence-electron chi connectivity index (χ2n) is 8.23. The minimum atomic E-state index is -3.97. The summed E-state index contributed by atoms with van der Waals surface area (Å²) >= 11 is 0. The molecule has 1 aliphatic heterocycles. The first-order valence-electron chi connectivity index (χ1n) is 10.8.